The summed E-state index contributed by atoms with van der Waals surface area (Å²) in [6.07, 6.45) is -4.25. The number of halogens is 3. The number of rotatable bonds is 1. The minimum absolute atomic E-state index is 0.0424. The van der Waals surface area contributed by atoms with Gasteiger partial charge in [-0.1, -0.05) is 0 Å². The van der Waals surface area contributed by atoms with E-state index in [-0.39, 0.29) is 6.42 Å². The van der Waals surface area contributed by atoms with Gasteiger partial charge in [0.25, 0.3) is 0 Å². The third-order valence-electron chi connectivity index (χ3n) is 1.23. The van der Waals surface area contributed by atoms with Crippen molar-refractivity contribution in [3.8, 4) is 6.07 Å². The molecule has 0 saturated heterocycles. The summed E-state index contributed by atoms with van der Waals surface area (Å²) >= 11 is 0.958. The molecule has 0 saturated carbocycles. The van der Waals surface area contributed by atoms with Crippen molar-refractivity contribution in [2.45, 2.75) is 12.6 Å². The van der Waals surface area contributed by atoms with E-state index >= 15 is 0 Å². The number of hydrogen-bond acceptors (Lipinski definition) is 2. The Morgan fingerprint density at radius 1 is 1.50 bits per heavy atom. The Hall–Kier alpha value is -1.02. The van der Waals surface area contributed by atoms with Gasteiger partial charge < -0.3 is 0 Å². The molecule has 12 heavy (non-hydrogen) atoms. The van der Waals surface area contributed by atoms with E-state index in [1.807, 2.05) is 0 Å². The molecule has 5 heteroatoms. The molecule has 0 amide bonds. The average molecular weight is 191 g/mol. The monoisotopic (exact) mass is 191 g/mol. The maximum atomic E-state index is 12.0. The molecular weight excluding hydrogens is 187 g/mol. The summed E-state index contributed by atoms with van der Waals surface area (Å²) in [7, 11) is 0. The molecule has 0 aromatic carbocycles. The standard InChI is InChI=1S/C7H4F3NS/c8-7(9,10)5-3-6(1-2-11)12-4-5/h3-4H,1H2. The molecule has 0 aliphatic rings. The molecule has 1 rings (SSSR count). The number of nitriles is 1. The fourth-order valence-corrected chi connectivity index (χ4v) is 1.52. The maximum absolute atomic E-state index is 12.0. The molecule has 0 aliphatic carbocycles. The third-order valence-corrected chi connectivity index (χ3v) is 2.17. The van der Waals surface area contributed by atoms with Gasteiger partial charge in [-0.2, -0.15) is 18.4 Å². The van der Waals surface area contributed by atoms with E-state index in [0.29, 0.717) is 4.88 Å². The van der Waals surface area contributed by atoms with Crippen LogP contribution in [0.3, 0.4) is 0 Å². The fourth-order valence-electron chi connectivity index (χ4n) is 0.700. The molecule has 0 fully saturated rings. The highest BCUT2D eigenvalue weighted by Crippen LogP contribution is 2.32. The first-order chi connectivity index (χ1) is 5.54. The number of hydrogen-bond donors (Lipinski definition) is 0. The zero-order valence-electron chi connectivity index (χ0n) is 5.85. The molecule has 1 aromatic rings. The minimum Gasteiger partial charge on any atom is -0.198 e. The smallest absolute Gasteiger partial charge is 0.198 e. The molecule has 0 atom stereocenters. The number of nitrogens with zero attached hydrogens (tertiary/aromatic N) is 1. The van der Waals surface area contributed by atoms with Crippen LogP contribution in [0.1, 0.15) is 10.4 Å². The first kappa shape index (κ1) is 9.07. The van der Waals surface area contributed by atoms with E-state index in [4.69, 9.17) is 5.26 Å². The van der Waals surface area contributed by atoms with Crippen LogP contribution in [-0.2, 0) is 12.6 Å². The molecular formula is C7H4F3NS. The number of alkyl halides is 3. The van der Waals surface area contributed by atoms with Crippen LogP contribution in [0.4, 0.5) is 13.2 Å². The number of thiophene rings is 1. The largest absolute Gasteiger partial charge is 0.417 e. The van der Waals surface area contributed by atoms with E-state index < -0.39 is 11.7 Å². The fraction of sp³-hybridized carbons (Fsp3) is 0.286. The summed E-state index contributed by atoms with van der Waals surface area (Å²) in [5.74, 6) is 0. The van der Waals surface area contributed by atoms with Crippen LogP contribution in [0.2, 0.25) is 0 Å². The molecule has 1 aromatic heterocycles. The van der Waals surface area contributed by atoms with Gasteiger partial charge in [0.05, 0.1) is 18.1 Å². The van der Waals surface area contributed by atoms with Gasteiger partial charge in [0.1, 0.15) is 0 Å². The highest BCUT2D eigenvalue weighted by atomic mass is 32.1. The van der Waals surface area contributed by atoms with Crippen molar-refractivity contribution in [2.24, 2.45) is 0 Å². The van der Waals surface area contributed by atoms with Gasteiger partial charge in [-0.25, -0.2) is 0 Å². The van der Waals surface area contributed by atoms with Crippen LogP contribution < -0.4 is 0 Å². The van der Waals surface area contributed by atoms with Gasteiger partial charge in [-0.15, -0.1) is 11.3 Å². The molecule has 1 heterocycles. The summed E-state index contributed by atoms with van der Waals surface area (Å²) < 4.78 is 35.9. The Balaban J connectivity index is 2.86. The van der Waals surface area contributed by atoms with E-state index in [0.717, 1.165) is 22.8 Å². The quantitative estimate of drug-likeness (QED) is 0.669. The molecule has 0 radical (unpaired) electrons. The van der Waals surface area contributed by atoms with E-state index in [1.54, 1.807) is 6.07 Å². The highest BCUT2D eigenvalue weighted by molar-refractivity contribution is 7.10. The maximum Gasteiger partial charge on any atom is 0.417 e. The Bertz CT molecular complexity index is 307. The molecule has 64 valence electrons. The lowest BCUT2D eigenvalue weighted by Gasteiger charge is -2.00. The van der Waals surface area contributed by atoms with Crippen molar-refractivity contribution in [1.82, 2.24) is 0 Å². The van der Waals surface area contributed by atoms with Gasteiger partial charge in [0.2, 0.25) is 0 Å². The SMILES string of the molecule is N#CCc1cc(C(F)(F)F)cs1. The molecule has 0 spiro atoms. The second kappa shape index (κ2) is 3.15. The van der Waals surface area contributed by atoms with E-state index in [2.05, 4.69) is 0 Å². The first-order valence-electron chi connectivity index (χ1n) is 3.05. The molecule has 0 unspecified atom stereocenters. The summed E-state index contributed by atoms with van der Waals surface area (Å²) in [4.78, 5) is 0.449. The summed E-state index contributed by atoms with van der Waals surface area (Å²) in [6.45, 7) is 0. The topological polar surface area (TPSA) is 23.8 Å². The van der Waals surface area contributed by atoms with Crippen molar-refractivity contribution in [2.75, 3.05) is 0 Å². The second-order valence-corrected chi connectivity index (χ2v) is 3.13. The summed E-state index contributed by atoms with van der Waals surface area (Å²) in [5, 5.41) is 9.23. The summed E-state index contributed by atoms with van der Waals surface area (Å²) in [5.41, 5.74) is -0.669. The van der Waals surface area contributed by atoms with Crippen LogP contribution in [0.15, 0.2) is 11.4 Å². The molecule has 0 aliphatic heterocycles. The molecule has 0 N–H and O–H groups in total. The Morgan fingerprint density at radius 2 is 2.17 bits per heavy atom. The van der Waals surface area contributed by atoms with Crippen LogP contribution in [0, 0.1) is 11.3 Å². The van der Waals surface area contributed by atoms with Crippen molar-refractivity contribution < 1.29 is 13.2 Å². The zero-order chi connectivity index (χ0) is 9.19. The predicted octanol–water partition coefficient (Wildman–Crippen LogP) is 2.83. The predicted molar refractivity (Wildman–Crippen MR) is 38.6 cm³/mol. The second-order valence-electron chi connectivity index (χ2n) is 2.13. The summed E-state index contributed by atoms with van der Waals surface area (Å²) in [6, 6.07) is 2.80. The Kier molecular flexibility index (Phi) is 2.38. The first-order valence-corrected chi connectivity index (χ1v) is 3.93. The van der Waals surface area contributed by atoms with Crippen LogP contribution in [0.5, 0.6) is 0 Å². The van der Waals surface area contributed by atoms with Crippen LogP contribution in [0.25, 0.3) is 0 Å². The van der Waals surface area contributed by atoms with Crippen molar-refractivity contribution in [1.29, 1.82) is 5.26 Å². The van der Waals surface area contributed by atoms with Gasteiger partial charge in [-0.05, 0) is 6.07 Å². The van der Waals surface area contributed by atoms with Gasteiger partial charge in [0.15, 0.2) is 0 Å². The van der Waals surface area contributed by atoms with E-state index in [1.165, 1.54) is 0 Å². The molecule has 1 nitrogen and oxygen atoms in total. The van der Waals surface area contributed by atoms with Crippen molar-refractivity contribution in [3.63, 3.8) is 0 Å². The van der Waals surface area contributed by atoms with Gasteiger partial charge in [-0.3, -0.25) is 0 Å². The zero-order valence-corrected chi connectivity index (χ0v) is 6.67. The Labute approximate surface area is 71.1 Å². The lowest BCUT2D eigenvalue weighted by atomic mass is 10.3. The van der Waals surface area contributed by atoms with Crippen LogP contribution in [-0.4, -0.2) is 0 Å². The highest BCUT2D eigenvalue weighted by Gasteiger charge is 2.31. The lowest BCUT2D eigenvalue weighted by Crippen LogP contribution is -2.02. The van der Waals surface area contributed by atoms with Crippen molar-refractivity contribution >= 4 is 11.3 Å². The van der Waals surface area contributed by atoms with Gasteiger partial charge in [0, 0.05) is 10.3 Å². The van der Waals surface area contributed by atoms with Crippen LogP contribution >= 0.6 is 11.3 Å². The average Bonchev–Trinajstić information content (AvgIpc) is 2.35. The minimum atomic E-state index is -4.29. The van der Waals surface area contributed by atoms with Gasteiger partial charge >= 0.3 is 6.18 Å². The third kappa shape index (κ3) is 1.98. The normalized spacial score (nSPS) is 11.2. The Morgan fingerprint density at radius 3 is 2.58 bits per heavy atom. The van der Waals surface area contributed by atoms with E-state index in [9.17, 15) is 13.2 Å². The van der Waals surface area contributed by atoms with Crippen molar-refractivity contribution in [3.05, 3.63) is 21.9 Å². The lowest BCUT2D eigenvalue weighted by molar-refractivity contribution is -0.137. The molecule has 0 bridgehead atoms.